The van der Waals surface area contributed by atoms with Crippen molar-refractivity contribution in [3.63, 3.8) is 0 Å². The van der Waals surface area contributed by atoms with Gasteiger partial charge in [-0.1, -0.05) is 6.42 Å². The molecular formula is C10H17N3O. The highest BCUT2D eigenvalue weighted by Crippen LogP contribution is 2.24. The van der Waals surface area contributed by atoms with Gasteiger partial charge in [-0.3, -0.25) is 4.79 Å². The zero-order valence-corrected chi connectivity index (χ0v) is 8.55. The van der Waals surface area contributed by atoms with Crippen molar-refractivity contribution >= 4 is 5.91 Å². The lowest BCUT2D eigenvalue weighted by molar-refractivity contribution is -0.118. The molecule has 0 aromatic carbocycles. The second kappa shape index (κ2) is 5.61. The summed E-state index contributed by atoms with van der Waals surface area (Å²) in [5.41, 5.74) is 0. The zero-order chi connectivity index (χ0) is 10.4. The Morgan fingerprint density at radius 1 is 1.50 bits per heavy atom. The first-order chi connectivity index (χ1) is 6.74. The largest absolute Gasteiger partial charge is 0.355 e. The molecule has 1 aliphatic carbocycles. The maximum absolute atomic E-state index is 10.6. The molecule has 0 radical (unpaired) electrons. The maximum atomic E-state index is 10.6. The first-order valence-corrected chi connectivity index (χ1v) is 5.11. The second-order valence-corrected chi connectivity index (χ2v) is 3.71. The summed E-state index contributed by atoms with van der Waals surface area (Å²) in [6.45, 7) is 2.90. The van der Waals surface area contributed by atoms with Crippen LogP contribution in [0, 0.1) is 17.2 Å². The van der Waals surface area contributed by atoms with Crippen LogP contribution >= 0.6 is 0 Å². The third-order valence-electron chi connectivity index (χ3n) is 2.59. The molecule has 0 spiro atoms. The van der Waals surface area contributed by atoms with Gasteiger partial charge in [0.05, 0.1) is 12.0 Å². The summed E-state index contributed by atoms with van der Waals surface area (Å²) in [4.78, 5) is 10.6. The van der Waals surface area contributed by atoms with Crippen molar-refractivity contribution in [2.45, 2.75) is 32.2 Å². The smallest absolute Gasteiger partial charge is 0.216 e. The number of hydrogen-bond donors (Lipinski definition) is 2. The lowest BCUT2D eigenvalue weighted by atomic mass is 10.1. The van der Waals surface area contributed by atoms with E-state index >= 15 is 0 Å². The molecular weight excluding hydrogens is 178 g/mol. The first-order valence-electron chi connectivity index (χ1n) is 5.11. The fourth-order valence-electron chi connectivity index (χ4n) is 1.85. The Hall–Kier alpha value is -1.08. The number of amides is 1. The van der Waals surface area contributed by atoms with Crippen LogP contribution < -0.4 is 10.6 Å². The highest BCUT2D eigenvalue weighted by molar-refractivity contribution is 5.72. The van der Waals surface area contributed by atoms with E-state index in [0.29, 0.717) is 12.6 Å². The van der Waals surface area contributed by atoms with Crippen LogP contribution in [0.15, 0.2) is 0 Å². The average molecular weight is 195 g/mol. The molecule has 4 heteroatoms. The summed E-state index contributed by atoms with van der Waals surface area (Å²) in [5, 5.41) is 14.8. The summed E-state index contributed by atoms with van der Waals surface area (Å²) in [7, 11) is 0. The number of nitrogens with zero attached hydrogens (tertiary/aromatic N) is 1. The molecule has 2 unspecified atom stereocenters. The van der Waals surface area contributed by atoms with Crippen LogP contribution in [-0.2, 0) is 4.79 Å². The minimum Gasteiger partial charge on any atom is -0.355 e. The van der Waals surface area contributed by atoms with Crippen molar-refractivity contribution in [3.05, 3.63) is 0 Å². The minimum absolute atomic E-state index is 0.00458. The van der Waals surface area contributed by atoms with Crippen LogP contribution in [0.5, 0.6) is 0 Å². The van der Waals surface area contributed by atoms with Gasteiger partial charge in [0.25, 0.3) is 0 Å². The van der Waals surface area contributed by atoms with Crippen LogP contribution in [-0.4, -0.2) is 25.0 Å². The molecule has 78 valence electrons. The van der Waals surface area contributed by atoms with E-state index in [9.17, 15) is 4.79 Å². The summed E-state index contributed by atoms with van der Waals surface area (Å²) >= 11 is 0. The highest BCUT2D eigenvalue weighted by Gasteiger charge is 2.25. The lowest BCUT2D eigenvalue weighted by Crippen LogP contribution is -2.37. The van der Waals surface area contributed by atoms with Gasteiger partial charge >= 0.3 is 0 Å². The molecule has 0 heterocycles. The normalized spacial score (nSPS) is 25.7. The van der Waals surface area contributed by atoms with Gasteiger partial charge in [0.15, 0.2) is 0 Å². The number of nitrogens with one attached hydrogen (secondary N) is 2. The lowest BCUT2D eigenvalue weighted by Gasteiger charge is -2.15. The van der Waals surface area contributed by atoms with E-state index in [0.717, 1.165) is 25.8 Å². The molecule has 2 atom stereocenters. The number of rotatable bonds is 4. The maximum Gasteiger partial charge on any atom is 0.216 e. The SMILES string of the molecule is CC(=O)NCCNC1CCCC1C#N. The quantitative estimate of drug-likeness (QED) is 0.638. The molecule has 4 nitrogen and oxygen atoms in total. The van der Waals surface area contributed by atoms with E-state index in [4.69, 9.17) is 5.26 Å². The van der Waals surface area contributed by atoms with Gasteiger partial charge < -0.3 is 10.6 Å². The Labute approximate surface area is 84.7 Å². The Morgan fingerprint density at radius 3 is 2.93 bits per heavy atom. The number of carbonyl (C=O) groups excluding carboxylic acids is 1. The van der Waals surface area contributed by atoms with E-state index in [2.05, 4.69) is 16.7 Å². The predicted octanol–water partition coefficient (Wildman–Crippen LogP) is 0.404. The van der Waals surface area contributed by atoms with Gasteiger partial charge in [-0.2, -0.15) is 5.26 Å². The van der Waals surface area contributed by atoms with Crippen LogP contribution in [0.25, 0.3) is 0 Å². The summed E-state index contributed by atoms with van der Waals surface area (Å²) < 4.78 is 0. The van der Waals surface area contributed by atoms with E-state index in [1.165, 1.54) is 6.92 Å². The van der Waals surface area contributed by atoms with Crippen LogP contribution in [0.2, 0.25) is 0 Å². The van der Waals surface area contributed by atoms with Gasteiger partial charge in [-0.05, 0) is 12.8 Å². The van der Waals surface area contributed by atoms with Gasteiger partial charge in [-0.15, -0.1) is 0 Å². The predicted molar refractivity (Wildman–Crippen MR) is 53.4 cm³/mol. The molecule has 1 amide bonds. The Bertz CT molecular complexity index is 234. The van der Waals surface area contributed by atoms with E-state index < -0.39 is 0 Å². The van der Waals surface area contributed by atoms with Crippen molar-refractivity contribution in [2.75, 3.05) is 13.1 Å². The molecule has 2 N–H and O–H groups in total. The zero-order valence-electron chi connectivity index (χ0n) is 8.55. The molecule has 1 saturated carbocycles. The molecule has 0 aromatic heterocycles. The van der Waals surface area contributed by atoms with Crippen LogP contribution in [0.3, 0.4) is 0 Å². The molecule has 0 aromatic rings. The number of nitriles is 1. The third kappa shape index (κ3) is 3.35. The minimum atomic E-state index is -0.00458. The van der Waals surface area contributed by atoms with E-state index in [1.807, 2.05) is 0 Å². The van der Waals surface area contributed by atoms with Gasteiger partial charge in [-0.25, -0.2) is 0 Å². The van der Waals surface area contributed by atoms with E-state index in [1.54, 1.807) is 0 Å². The van der Waals surface area contributed by atoms with Crippen LogP contribution in [0.1, 0.15) is 26.2 Å². The van der Waals surface area contributed by atoms with Gasteiger partial charge in [0, 0.05) is 26.1 Å². The van der Waals surface area contributed by atoms with Crippen molar-refractivity contribution in [1.29, 1.82) is 5.26 Å². The van der Waals surface area contributed by atoms with Crippen molar-refractivity contribution in [1.82, 2.24) is 10.6 Å². The second-order valence-electron chi connectivity index (χ2n) is 3.71. The molecule has 1 rings (SSSR count). The Morgan fingerprint density at radius 2 is 2.29 bits per heavy atom. The molecule has 14 heavy (non-hydrogen) atoms. The molecule has 1 aliphatic rings. The topological polar surface area (TPSA) is 64.9 Å². The fraction of sp³-hybridized carbons (Fsp3) is 0.800. The first kappa shape index (κ1) is 11.0. The summed E-state index contributed by atoms with van der Waals surface area (Å²) in [6.07, 6.45) is 3.22. The fourth-order valence-corrected chi connectivity index (χ4v) is 1.85. The van der Waals surface area contributed by atoms with Crippen molar-refractivity contribution in [2.24, 2.45) is 5.92 Å². The Kier molecular flexibility index (Phi) is 4.41. The molecule has 0 bridgehead atoms. The van der Waals surface area contributed by atoms with Crippen molar-refractivity contribution < 1.29 is 4.79 Å². The highest BCUT2D eigenvalue weighted by atomic mass is 16.1. The summed E-state index contributed by atoms with van der Waals surface area (Å²) in [5.74, 6) is 0.155. The molecule has 0 saturated heterocycles. The molecule has 0 aliphatic heterocycles. The van der Waals surface area contributed by atoms with Gasteiger partial charge in [0.2, 0.25) is 5.91 Å². The molecule has 1 fully saturated rings. The van der Waals surface area contributed by atoms with Crippen molar-refractivity contribution in [3.8, 4) is 6.07 Å². The van der Waals surface area contributed by atoms with Crippen LogP contribution in [0.4, 0.5) is 0 Å². The Balaban J connectivity index is 2.12. The van der Waals surface area contributed by atoms with E-state index in [-0.39, 0.29) is 11.8 Å². The third-order valence-corrected chi connectivity index (χ3v) is 2.59. The monoisotopic (exact) mass is 195 g/mol. The number of hydrogen-bond acceptors (Lipinski definition) is 3. The number of carbonyl (C=O) groups is 1. The van der Waals surface area contributed by atoms with Gasteiger partial charge in [0.1, 0.15) is 0 Å². The summed E-state index contributed by atoms with van der Waals surface area (Å²) in [6, 6.07) is 2.64. The average Bonchev–Trinajstić information content (AvgIpc) is 2.59. The standard InChI is InChI=1S/C10H17N3O/c1-8(14)12-5-6-13-10-4-2-3-9(10)7-11/h9-10,13H,2-6H2,1H3,(H,12,14).